The molecule has 0 bridgehead atoms. The number of aryl methyl sites for hydroxylation is 1. The Kier molecular flexibility index (Phi) is 5.90. The fourth-order valence-corrected chi connectivity index (χ4v) is 2.89. The van der Waals surface area contributed by atoms with Gasteiger partial charge in [0.1, 0.15) is 0 Å². The Morgan fingerprint density at radius 3 is 2.35 bits per heavy atom. The second-order valence-corrected chi connectivity index (χ2v) is 6.88. The summed E-state index contributed by atoms with van der Waals surface area (Å²) in [6, 6.07) is 16.1. The molecule has 2 aromatic rings. The number of hydrazone groups is 1. The minimum absolute atomic E-state index is 0.0854. The van der Waals surface area contributed by atoms with Crippen LogP contribution in [0, 0.1) is 6.92 Å². The summed E-state index contributed by atoms with van der Waals surface area (Å²) in [6.07, 6.45) is 0.795. The van der Waals surface area contributed by atoms with Crippen molar-refractivity contribution >= 4 is 15.7 Å². The number of hydrogen-bond acceptors (Lipinski definition) is 4. The number of benzene rings is 2. The minimum Gasteiger partial charge on any atom is -0.396 e. The highest BCUT2D eigenvalue weighted by molar-refractivity contribution is 7.89. The molecule has 122 valence electrons. The van der Waals surface area contributed by atoms with E-state index in [-0.39, 0.29) is 11.5 Å². The van der Waals surface area contributed by atoms with Gasteiger partial charge in [0.2, 0.25) is 0 Å². The lowest BCUT2D eigenvalue weighted by atomic mass is 10.1. The summed E-state index contributed by atoms with van der Waals surface area (Å²) in [6.45, 7) is 1.80. The number of hydrogen-bond donors (Lipinski definition) is 2. The third-order valence-corrected chi connectivity index (χ3v) is 4.53. The summed E-state index contributed by atoms with van der Waals surface area (Å²) in [4.78, 5) is 2.41. The monoisotopic (exact) mass is 332 g/mol. The van der Waals surface area contributed by atoms with Crippen LogP contribution in [0.2, 0.25) is 0 Å². The molecule has 0 fully saturated rings. The second-order valence-electron chi connectivity index (χ2n) is 5.22. The Morgan fingerprint density at radius 2 is 1.74 bits per heavy atom. The lowest BCUT2D eigenvalue weighted by Gasteiger charge is -2.08. The van der Waals surface area contributed by atoms with Crippen LogP contribution in [-0.4, -0.2) is 25.8 Å². The zero-order valence-electron chi connectivity index (χ0n) is 12.9. The summed E-state index contributed by atoms with van der Waals surface area (Å²) in [5, 5.41) is 13.1. The van der Waals surface area contributed by atoms with Crippen LogP contribution in [0.15, 0.2) is 64.6 Å². The third-order valence-electron chi connectivity index (χ3n) is 3.31. The van der Waals surface area contributed by atoms with Crippen molar-refractivity contribution in [3.63, 3.8) is 0 Å². The summed E-state index contributed by atoms with van der Waals surface area (Å²) >= 11 is 0. The van der Waals surface area contributed by atoms with Gasteiger partial charge in [-0.05, 0) is 24.6 Å². The lowest BCUT2D eigenvalue weighted by molar-refractivity contribution is 0.306. The van der Waals surface area contributed by atoms with Crippen LogP contribution in [0.25, 0.3) is 0 Å². The predicted molar refractivity (Wildman–Crippen MR) is 90.8 cm³/mol. The first-order chi connectivity index (χ1) is 11.0. The lowest BCUT2D eigenvalue weighted by Crippen LogP contribution is -2.21. The Hall–Kier alpha value is -2.18. The topological polar surface area (TPSA) is 78.8 Å². The maximum atomic E-state index is 12.2. The van der Waals surface area contributed by atoms with Gasteiger partial charge in [-0.2, -0.15) is 13.5 Å². The molecule has 0 aliphatic carbocycles. The van der Waals surface area contributed by atoms with E-state index in [4.69, 9.17) is 5.11 Å². The van der Waals surface area contributed by atoms with Gasteiger partial charge in [0.25, 0.3) is 10.0 Å². The van der Waals surface area contributed by atoms with E-state index in [0.29, 0.717) is 18.6 Å². The third kappa shape index (κ3) is 5.19. The van der Waals surface area contributed by atoms with Gasteiger partial charge in [-0.15, -0.1) is 0 Å². The molecule has 0 heterocycles. The molecule has 0 saturated heterocycles. The average Bonchev–Trinajstić information content (AvgIpc) is 2.54. The van der Waals surface area contributed by atoms with Crippen molar-refractivity contribution in [1.82, 2.24) is 4.83 Å². The number of aliphatic hydroxyl groups excluding tert-OH is 1. The number of aliphatic hydroxyl groups is 1. The first-order valence-electron chi connectivity index (χ1n) is 7.30. The van der Waals surface area contributed by atoms with Gasteiger partial charge in [-0.25, -0.2) is 4.83 Å². The normalized spacial score (nSPS) is 12.2. The molecule has 2 rings (SSSR count). The minimum atomic E-state index is -3.70. The maximum Gasteiger partial charge on any atom is 0.276 e. The first kappa shape index (κ1) is 17.2. The SMILES string of the molecule is Cc1ccc(S(=O)(=O)NN=C(CCO)Cc2ccccc2)cc1. The Bertz CT molecular complexity index is 754. The average molecular weight is 332 g/mol. The molecule has 2 aromatic carbocycles. The van der Waals surface area contributed by atoms with Crippen LogP contribution in [0.1, 0.15) is 17.5 Å². The summed E-state index contributed by atoms with van der Waals surface area (Å²) in [5.74, 6) is 0. The van der Waals surface area contributed by atoms with Crippen LogP contribution < -0.4 is 4.83 Å². The zero-order chi connectivity index (χ0) is 16.7. The molecule has 23 heavy (non-hydrogen) atoms. The smallest absolute Gasteiger partial charge is 0.276 e. The highest BCUT2D eigenvalue weighted by Gasteiger charge is 2.13. The van der Waals surface area contributed by atoms with Gasteiger partial charge >= 0.3 is 0 Å². The molecule has 0 aliphatic heterocycles. The molecule has 0 spiro atoms. The van der Waals surface area contributed by atoms with Gasteiger partial charge in [0, 0.05) is 25.2 Å². The summed E-state index contributed by atoms with van der Waals surface area (Å²) in [7, 11) is -3.70. The molecule has 0 aliphatic rings. The second kappa shape index (κ2) is 7.89. The number of nitrogens with zero attached hydrogens (tertiary/aromatic N) is 1. The van der Waals surface area contributed by atoms with E-state index in [1.54, 1.807) is 12.1 Å². The van der Waals surface area contributed by atoms with Crippen LogP contribution in [0.5, 0.6) is 0 Å². The fraction of sp³-hybridized carbons (Fsp3) is 0.235. The van der Waals surface area contributed by atoms with Gasteiger partial charge < -0.3 is 5.11 Å². The van der Waals surface area contributed by atoms with Crippen molar-refractivity contribution in [3.8, 4) is 0 Å². The van der Waals surface area contributed by atoms with Crippen molar-refractivity contribution < 1.29 is 13.5 Å². The summed E-state index contributed by atoms with van der Waals surface area (Å²) < 4.78 is 24.4. The first-order valence-corrected chi connectivity index (χ1v) is 8.78. The Labute approximate surface area is 136 Å². The molecule has 6 heteroatoms. The van der Waals surface area contributed by atoms with Crippen molar-refractivity contribution in [2.75, 3.05) is 6.61 Å². The molecule has 0 aromatic heterocycles. The zero-order valence-corrected chi connectivity index (χ0v) is 13.8. The standard InChI is InChI=1S/C17H20N2O3S/c1-14-7-9-17(10-8-14)23(21,22)19-18-16(11-12-20)13-15-5-3-2-4-6-15/h2-10,19-20H,11-13H2,1H3. The molecule has 0 atom stereocenters. The molecule has 0 saturated carbocycles. The number of sulfonamides is 1. The van der Waals surface area contributed by atoms with Gasteiger partial charge in [0.05, 0.1) is 4.90 Å². The van der Waals surface area contributed by atoms with Crippen molar-refractivity contribution in [3.05, 3.63) is 65.7 Å². The van der Waals surface area contributed by atoms with Crippen LogP contribution in [0.4, 0.5) is 0 Å². The van der Waals surface area contributed by atoms with Crippen LogP contribution >= 0.6 is 0 Å². The van der Waals surface area contributed by atoms with Crippen LogP contribution in [-0.2, 0) is 16.4 Å². The molecule has 0 amide bonds. The van der Waals surface area contributed by atoms with E-state index in [0.717, 1.165) is 11.1 Å². The Morgan fingerprint density at radius 1 is 1.09 bits per heavy atom. The van der Waals surface area contributed by atoms with Gasteiger partial charge in [-0.3, -0.25) is 0 Å². The predicted octanol–water partition coefficient (Wildman–Crippen LogP) is 2.25. The quantitative estimate of drug-likeness (QED) is 0.603. The highest BCUT2D eigenvalue weighted by Crippen LogP contribution is 2.10. The van der Waals surface area contributed by atoms with E-state index >= 15 is 0 Å². The van der Waals surface area contributed by atoms with E-state index < -0.39 is 10.0 Å². The fourth-order valence-electron chi connectivity index (χ4n) is 2.04. The molecular weight excluding hydrogens is 312 g/mol. The van der Waals surface area contributed by atoms with Gasteiger partial charge in [-0.1, -0.05) is 48.0 Å². The number of nitrogens with one attached hydrogen (secondary N) is 1. The van der Waals surface area contributed by atoms with Crippen LogP contribution in [0.3, 0.4) is 0 Å². The molecule has 2 N–H and O–H groups in total. The maximum absolute atomic E-state index is 12.2. The number of rotatable bonds is 7. The molecule has 0 radical (unpaired) electrons. The van der Waals surface area contributed by atoms with E-state index in [1.807, 2.05) is 37.3 Å². The van der Waals surface area contributed by atoms with Crippen molar-refractivity contribution in [2.24, 2.45) is 5.10 Å². The largest absolute Gasteiger partial charge is 0.396 e. The van der Waals surface area contributed by atoms with Crippen molar-refractivity contribution in [2.45, 2.75) is 24.7 Å². The van der Waals surface area contributed by atoms with Crippen molar-refractivity contribution in [1.29, 1.82) is 0 Å². The molecule has 5 nitrogen and oxygen atoms in total. The summed E-state index contributed by atoms with van der Waals surface area (Å²) in [5.41, 5.74) is 2.57. The Balaban J connectivity index is 2.14. The molecule has 0 unspecified atom stereocenters. The van der Waals surface area contributed by atoms with E-state index in [9.17, 15) is 8.42 Å². The van der Waals surface area contributed by atoms with E-state index in [1.165, 1.54) is 12.1 Å². The van der Waals surface area contributed by atoms with E-state index in [2.05, 4.69) is 9.93 Å². The molecular formula is C17H20N2O3S. The highest BCUT2D eigenvalue weighted by atomic mass is 32.2. The van der Waals surface area contributed by atoms with Gasteiger partial charge in [0.15, 0.2) is 0 Å².